The zero-order valence-corrected chi connectivity index (χ0v) is 13.6. The molecule has 112 valence electrons. The first-order valence-corrected chi connectivity index (χ1v) is 8.79. The van der Waals surface area contributed by atoms with Gasteiger partial charge < -0.3 is 5.73 Å². The number of nitrogens with two attached hydrogens (primary N) is 1. The van der Waals surface area contributed by atoms with Crippen LogP contribution in [0, 0.1) is 0 Å². The molecule has 0 unspecified atom stereocenters. The number of hydrogen-bond donors (Lipinski definition) is 1. The molecule has 0 atom stereocenters. The number of nitrogens with zero attached hydrogens (tertiary/aromatic N) is 1. The van der Waals surface area contributed by atoms with Gasteiger partial charge in [0.15, 0.2) is 0 Å². The monoisotopic (exact) mass is 314 g/mol. The molecular weight excluding hydrogens is 292 g/mol. The number of hydrogen-bond acceptors (Lipinski definition) is 3. The minimum Gasteiger partial charge on any atom is -0.389 e. The normalized spacial score (nSPS) is 11.8. The second-order valence-electron chi connectivity index (χ2n) is 4.72. The number of benzene rings is 1. The van der Waals surface area contributed by atoms with Gasteiger partial charge in [-0.25, -0.2) is 12.7 Å². The molecule has 0 spiro atoms. The van der Waals surface area contributed by atoms with Crippen LogP contribution in [0.25, 0.3) is 0 Å². The number of sulfonamides is 1. The summed E-state index contributed by atoms with van der Waals surface area (Å²) in [5, 5.41) is 0. The van der Waals surface area contributed by atoms with Gasteiger partial charge in [0, 0.05) is 18.7 Å². The van der Waals surface area contributed by atoms with Crippen LogP contribution in [0.5, 0.6) is 0 Å². The summed E-state index contributed by atoms with van der Waals surface area (Å²) < 4.78 is 26.3. The lowest BCUT2D eigenvalue weighted by Crippen LogP contribution is -2.33. The fourth-order valence-electron chi connectivity index (χ4n) is 1.96. The average molecular weight is 314 g/mol. The van der Waals surface area contributed by atoms with Crippen molar-refractivity contribution in [1.29, 1.82) is 0 Å². The van der Waals surface area contributed by atoms with Gasteiger partial charge in [-0.3, -0.25) is 0 Å². The SMILES string of the molecule is CCCN(CCC)S(=O)(=O)Cc1ccc(C(N)=S)cc1. The average Bonchev–Trinajstić information content (AvgIpc) is 2.38. The third-order valence-corrected chi connectivity index (χ3v) is 5.01. The van der Waals surface area contributed by atoms with Crippen molar-refractivity contribution in [3.8, 4) is 0 Å². The third kappa shape index (κ3) is 4.85. The van der Waals surface area contributed by atoms with Crippen LogP contribution in [0.3, 0.4) is 0 Å². The molecule has 0 radical (unpaired) electrons. The maximum Gasteiger partial charge on any atom is 0.218 e. The summed E-state index contributed by atoms with van der Waals surface area (Å²) >= 11 is 4.88. The Labute approximate surface area is 127 Å². The third-order valence-electron chi connectivity index (χ3n) is 2.93. The van der Waals surface area contributed by atoms with E-state index in [1.54, 1.807) is 28.6 Å². The molecular formula is C14H22N2O2S2. The Bertz CT molecular complexity index is 533. The van der Waals surface area contributed by atoms with E-state index in [4.69, 9.17) is 18.0 Å². The van der Waals surface area contributed by atoms with Crippen LogP contribution in [0.4, 0.5) is 0 Å². The predicted molar refractivity (Wildman–Crippen MR) is 87.1 cm³/mol. The number of rotatable bonds is 8. The van der Waals surface area contributed by atoms with Gasteiger partial charge in [-0.1, -0.05) is 50.3 Å². The van der Waals surface area contributed by atoms with Gasteiger partial charge in [-0.05, 0) is 18.4 Å². The molecule has 0 fully saturated rings. The summed E-state index contributed by atoms with van der Waals surface area (Å²) in [6.07, 6.45) is 1.64. The lowest BCUT2D eigenvalue weighted by Gasteiger charge is -2.21. The maximum absolute atomic E-state index is 12.4. The summed E-state index contributed by atoms with van der Waals surface area (Å²) in [4.78, 5) is 0.318. The van der Waals surface area contributed by atoms with Crippen LogP contribution in [0.1, 0.15) is 37.8 Å². The molecule has 0 aliphatic carbocycles. The van der Waals surface area contributed by atoms with Gasteiger partial charge in [0.1, 0.15) is 4.99 Å². The van der Waals surface area contributed by atoms with Crippen molar-refractivity contribution < 1.29 is 8.42 Å². The second-order valence-corrected chi connectivity index (χ2v) is 7.13. The van der Waals surface area contributed by atoms with Gasteiger partial charge in [-0.2, -0.15) is 0 Å². The van der Waals surface area contributed by atoms with Gasteiger partial charge in [0.05, 0.1) is 5.75 Å². The van der Waals surface area contributed by atoms with Crippen LogP contribution in [0.2, 0.25) is 0 Å². The summed E-state index contributed by atoms with van der Waals surface area (Å²) in [5.41, 5.74) is 7.03. The molecule has 1 aromatic carbocycles. The first-order valence-electron chi connectivity index (χ1n) is 6.77. The smallest absolute Gasteiger partial charge is 0.218 e. The molecule has 4 nitrogen and oxygen atoms in total. The largest absolute Gasteiger partial charge is 0.389 e. The molecule has 0 saturated carbocycles. The van der Waals surface area contributed by atoms with E-state index in [9.17, 15) is 8.42 Å². The summed E-state index contributed by atoms with van der Waals surface area (Å²) in [7, 11) is -3.26. The lowest BCUT2D eigenvalue weighted by molar-refractivity contribution is 0.409. The Kier molecular flexibility index (Phi) is 6.58. The molecule has 1 aromatic rings. The minimum absolute atomic E-state index is 0.0185. The van der Waals surface area contributed by atoms with Crippen LogP contribution in [-0.4, -0.2) is 30.8 Å². The first-order chi connectivity index (χ1) is 9.40. The van der Waals surface area contributed by atoms with E-state index in [-0.39, 0.29) is 5.75 Å². The van der Waals surface area contributed by atoms with E-state index in [1.807, 2.05) is 13.8 Å². The molecule has 20 heavy (non-hydrogen) atoms. The Balaban J connectivity index is 2.86. The quantitative estimate of drug-likeness (QED) is 0.748. The minimum atomic E-state index is -3.26. The summed E-state index contributed by atoms with van der Waals surface area (Å²) in [6, 6.07) is 7.05. The fourth-order valence-corrected chi connectivity index (χ4v) is 3.81. The Hall–Kier alpha value is -0.980. The molecule has 0 bridgehead atoms. The molecule has 0 aliphatic heterocycles. The van der Waals surface area contributed by atoms with Crippen LogP contribution < -0.4 is 5.73 Å². The topological polar surface area (TPSA) is 63.4 Å². The first kappa shape index (κ1) is 17.1. The fraction of sp³-hybridized carbons (Fsp3) is 0.500. The van der Waals surface area contributed by atoms with Crippen molar-refractivity contribution in [3.05, 3.63) is 35.4 Å². The highest BCUT2D eigenvalue weighted by molar-refractivity contribution is 7.88. The Morgan fingerprint density at radius 1 is 1.15 bits per heavy atom. The van der Waals surface area contributed by atoms with Crippen molar-refractivity contribution in [1.82, 2.24) is 4.31 Å². The Morgan fingerprint density at radius 3 is 2.05 bits per heavy atom. The van der Waals surface area contributed by atoms with Crippen LogP contribution in [0.15, 0.2) is 24.3 Å². The highest BCUT2D eigenvalue weighted by atomic mass is 32.2. The van der Waals surface area contributed by atoms with Crippen molar-refractivity contribution >= 4 is 27.2 Å². The van der Waals surface area contributed by atoms with E-state index in [0.717, 1.165) is 24.0 Å². The van der Waals surface area contributed by atoms with Gasteiger partial charge in [0.2, 0.25) is 10.0 Å². The van der Waals surface area contributed by atoms with E-state index < -0.39 is 10.0 Å². The van der Waals surface area contributed by atoms with Crippen molar-refractivity contribution in [2.45, 2.75) is 32.4 Å². The number of thiocarbonyl (C=S) groups is 1. The zero-order chi connectivity index (χ0) is 15.2. The van der Waals surface area contributed by atoms with Crippen molar-refractivity contribution in [3.63, 3.8) is 0 Å². The van der Waals surface area contributed by atoms with Gasteiger partial charge in [-0.15, -0.1) is 0 Å². The van der Waals surface area contributed by atoms with E-state index in [2.05, 4.69) is 0 Å². The highest BCUT2D eigenvalue weighted by Crippen LogP contribution is 2.13. The molecule has 1 rings (SSSR count). The van der Waals surface area contributed by atoms with Crippen LogP contribution >= 0.6 is 12.2 Å². The van der Waals surface area contributed by atoms with E-state index in [1.165, 1.54) is 0 Å². The van der Waals surface area contributed by atoms with Crippen molar-refractivity contribution in [2.24, 2.45) is 5.73 Å². The zero-order valence-electron chi connectivity index (χ0n) is 12.0. The summed E-state index contributed by atoms with van der Waals surface area (Å²) in [5.74, 6) is 0.0185. The maximum atomic E-state index is 12.4. The second kappa shape index (κ2) is 7.71. The van der Waals surface area contributed by atoms with Crippen LogP contribution in [-0.2, 0) is 15.8 Å². The van der Waals surface area contributed by atoms with Gasteiger partial charge in [0.25, 0.3) is 0 Å². The molecule has 2 N–H and O–H groups in total. The molecule has 0 aliphatic rings. The molecule has 0 heterocycles. The predicted octanol–water partition coefficient (Wildman–Crippen LogP) is 2.27. The molecule has 0 amide bonds. The standard InChI is InChI=1S/C14H22N2O2S2/c1-3-9-16(10-4-2)20(17,18)11-12-5-7-13(8-6-12)14(15)19/h5-8H,3-4,9-11H2,1-2H3,(H2,15,19). The molecule has 0 aromatic heterocycles. The van der Waals surface area contributed by atoms with Gasteiger partial charge >= 0.3 is 0 Å². The lowest BCUT2D eigenvalue weighted by atomic mass is 10.1. The van der Waals surface area contributed by atoms with Crippen molar-refractivity contribution in [2.75, 3.05) is 13.1 Å². The Morgan fingerprint density at radius 2 is 1.65 bits per heavy atom. The highest BCUT2D eigenvalue weighted by Gasteiger charge is 2.20. The molecule has 0 saturated heterocycles. The molecule has 6 heteroatoms. The summed E-state index contributed by atoms with van der Waals surface area (Å²) in [6.45, 7) is 5.10. The van der Waals surface area contributed by atoms with E-state index in [0.29, 0.717) is 18.1 Å². The van der Waals surface area contributed by atoms with E-state index >= 15 is 0 Å².